The van der Waals surface area contributed by atoms with Crippen LogP contribution >= 0.6 is 0 Å². The molecule has 0 aliphatic carbocycles. The smallest absolute Gasteiger partial charge is 0.259 e. The summed E-state index contributed by atoms with van der Waals surface area (Å²) < 4.78 is 4.87. The molecule has 1 aliphatic heterocycles. The van der Waals surface area contributed by atoms with Crippen molar-refractivity contribution >= 4 is 17.5 Å². The molecule has 0 saturated carbocycles. The SMILES string of the molecule is CNC(C)c1ccc(N2C(=O)COCC2=O)cc1. The average molecular weight is 248 g/mol. The maximum atomic E-state index is 11.6. The second-order valence-corrected chi connectivity index (χ2v) is 4.22. The van der Waals surface area contributed by atoms with E-state index in [1.807, 2.05) is 26.1 Å². The molecular weight excluding hydrogens is 232 g/mol. The lowest BCUT2D eigenvalue weighted by Gasteiger charge is -2.25. The quantitative estimate of drug-likeness (QED) is 0.806. The standard InChI is InChI=1S/C13H16N2O3/c1-9(14-2)10-3-5-11(6-4-10)15-12(16)7-18-8-13(15)17/h3-6,9,14H,7-8H2,1-2H3. The van der Waals surface area contributed by atoms with Crippen molar-refractivity contribution in [3.05, 3.63) is 29.8 Å². The number of anilines is 1. The fourth-order valence-electron chi connectivity index (χ4n) is 1.86. The zero-order valence-corrected chi connectivity index (χ0v) is 10.5. The number of morpholine rings is 1. The molecule has 1 aliphatic rings. The van der Waals surface area contributed by atoms with E-state index in [0.29, 0.717) is 5.69 Å². The Hall–Kier alpha value is -1.72. The highest BCUT2D eigenvalue weighted by Gasteiger charge is 2.27. The van der Waals surface area contributed by atoms with Gasteiger partial charge in [-0.05, 0) is 31.7 Å². The van der Waals surface area contributed by atoms with Gasteiger partial charge in [-0.2, -0.15) is 0 Å². The molecule has 2 amide bonds. The Balaban J connectivity index is 2.23. The summed E-state index contributed by atoms with van der Waals surface area (Å²) in [5.74, 6) is -0.638. The minimum absolute atomic E-state index is 0.0413. The molecular formula is C13H16N2O3. The minimum atomic E-state index is -0.319. The van der Waals surface area contributed by atoms with E-state index in [1.165, 1.54) is 4.90 Å². The lowest BCUT2D eigenvalue weighted by atomic mass is 10.1. The first-order valence-corrected chi connectivity index (χ1v) is 5.84. The van der Waals surface area contributed by atoms with Crippen molar-refractivity contribution in [3.8, 4) is 0 Å². The Morgan fingerprint density at radius 3 is 2.22 bits per heavy atom. The van der Waals surface area contributed by atoms with Gasteiger partial charge in [0, 0.05) is 6.04 Å². The Kier molecular flexibility index (Phi) is 3.74. The van der Waals surface area contributed by atoms with Gasteiger partial charge in [0.15, 0.2) is 0 Å². The predicted molar refractivity (Wildman–Crippen MR) is 67.2 cm³/mol. The summed E-state index contributed by atoms with van der Waals surface area (Å²) in [4.78, 5) is 24.5. The summed E-state index contributed by atoms with van der Waals surface area (Å²) in [6.45, 7) is 1.96. The molecule has 1 aromatic carbocycles. The van der Waals surface area contributed by atoms with Gasteiger partial charge < -0.3 is 10.1 Å². The summed E-state index contributed by atoms with van der Waals surface area (Å²) in [6, 6.07) is 7.61. The summed E-state index contributed by atoms with van der Waals surface area (Å²) in [6.07, 6.45) is 0. The van der Waals surface area contributed by atoms with Crippen LogP contribution in [0, 0.1) is 0 Å². The third-order valence-corrected chi connectivity index (χ3v) is 3.03. The van der Waals surface area contributed by atoms with Crippen LogP contribution in [0.3, 0.4) is 0 Å². The molecule has 0 radical (unpaired) electrons. The van der Waals surface area contributed by atoms with Crippen LogP contribution in [-0.2, 0) is 14.3 Å². The molecule has 5 heteroatoms. The number of hydrogen-bond acceptors (Lipinski definition) is 4. The minimum Gasteiger partial charge on any atom is -0.362 e. The molecule has 1 heterocycles. The molecule has 1 aromatic rings. The number of nitrogens with zero attached hydrogens (tertiary/aromatic N) is 1. The number of benzene rings is 1. The van der Waals surface area contributed by atoms with E-state index in [0.717, 1.165) is 5.56 Å². The molecule has 1 N–H and O–H groups in total. The lowest BCUT2D eigenvalue weighted by Crippen LogP contribution is -2.46. The Morgan fingerprint density at radius 2 is 1.72 bits per heavy atom. The highest BCUT2D eigenvalue weighted by molar-refractivity contribution is 6.16. The van der Waals surface area contributed by atoms with Crippen LogP contribution in [0.5, 0.6) is 0 Å². The fourth-order valence-corrected chi connectivity index (χ4v) is 1.86. The third-order valence-electron chi connectivity index (χ3n) is 3.03. The number of rotatable bonds is 3. The van der Waals surface area contributed by atoms with Gasteiger partial charge in [0.25, 0.3) is 11.8 Å². The molecule has 96 valence electrons. The van der Waals surface area contributed by atoms with Crippen molar-refractivity contribution in [1.82, 2.24) is 5.32 Å². The highest BCUT2D eigenvalue weighted by Crippen LogP contribution is 2.20. The monoisotopic (exact) mass is 248 g/mol. The molecule has 18 heavy (non-hydrogen) atoms. The van der Waals surface area contributed by atoms with Crippen molar-refractivity contribution in [2.45, 2.75) is 13.0 Å². The second-order valence-electron chi connectivity index (χ2n) is 4.22. The van der Waals surface area contributed by atoms with Crippen molar-refractivity contribution in [1.29, 1.82) is 0 Å². The molecule has 0 spiro atoms. The van der Waals surface area contributed by atoms with Crippen molar-refractivity contribution in [2.24, 2.45) is 0 Å². The number of imide groups is 1. The van der Waals surface area contributed by atoms with Gasteiger partial charge in [-0.3, -0.25) is 9.59 Å². The van der Waals surface area contributed by atoms with E-state index in [2.05, 4.69) is 5.32 Å². The van der Waals surface area contributed by atoms with Gasteiger partial charge in [-0.1, -0.05) is 12.1 Å². The van der Waals surface area contributed by atoms with Gasteiger partial charge in [0.1, 0.15) is 13.2 Å². The summed E-state index contributed by atoms with van der Waals surface area (Å²) in [5, 5.41) is 3.13. The largest absolute Gasteiger partial charge is 0.362 e. The number of ether oxygens (including phenoxy) is 1. The molecule has 1 unspecified atom stereocenters. The van der Waals surface area contributed by atoms with E-state index in [9.17, 15) is 9.59 Å². The number of hydrogen-bond donors (Lipinski definition) is 1. The second kappa shape index (κ2) is 5.29. The van der Waals surface area contributed by atoms with Crippen LogP contribution in [0.2, 0.25) is 0 Å². The number of amides is 2. The maximum Gasteiger partial charge on any atom is 0.259 e. The van der Waals surface area contributed by atoms with E-state index >= 15 is 0 Å². The topological polar surface area (TPSA) is 58.6 Å². The average Bonchev–Trinajstić information content (AvgIpc) is 2.38. The Bertz CT molecular complexity index is 440. The molecule has 1 atom stereocenters. The Morgan fingerprint density at radius 1 is 1.17 bits per heavy atom. The van der Waals surface area contributed by atoms with Crippen LogP contribution in [-0.4, -0.2) is 32.1 Å². The summed E-state index contributed by atoms with van der Waals surface area (Å²) >= 11 is 0. The lowest BCUT2D eigenvalue weighted by molar-refractivity contribution is -0.138. The van der Waals surface area contributed by atoms with E-state index in [-0.39, 0.29) is 31.1 Å². The predicted octanol–water partition coefficient (Wildman–Crippen LogP) is 0.857. The Labute approximate surface area is 106 Å². The maximum absolute atomic E-state index is 11.6. The van der Waals surface area contributed by atoms with Crippen LogP contribution in [0.25, 0.3) is 0 Å². The van der Waals surface area contributed by atoms with Crippen molar-refractivity contribution < 1.29 is 14.3 Å². The van der Waals surface area contributed by atoms with Crippen LogP contribution in [0.1, 0.15) is 18.5 Å². The first-order valence-electron chi connectivity index (χ1n) is 5.84. The van der Waals surface area contributed by atoms with E-state index in [4.69, 9.17) is 4.74 Å². The zero-order valence-electron chi connectivity index (χ0n) is 10.5. The molecule has 0 bridgehead atoms. The highest BCUT2D eigenvalue weighted by atomic mass is 16.5. The third kappa shape index (κ3) is 2.42. The number of carbonyl (C=O) groups is 2. The normalized spacial score (nSPS) is 18.0. The van der Waals surface area contributed by atoms with Gasteiger partial charge in [-0.15, -0.1) is 0 Å². The summed E-state index contributed by atoms with van der Waals surface area (Å²) in [5.41, 5.74) is 1.70. The van der Waals surface area contributed by atoms with Crippen molar-refractivity contribution in [2.75, 3.05) is 25.2 Å². The van der Waals surface area contributed by atoms with Crippen LogP contribution in [0.15, 0.2) is 24.3 Å². The van der Waals surface area contributed by atoms with Gasteiger partial charge in [0.05, 0.1) is 5.69 Å². The number of carbonyl (C=O) groups excluding carboxylic acids is 2. The fraction of sp³-hybridized carbons (Fsp3) is 0.385. The first-order chi connectivity index (χ1) is 8.63. The molecule has 1 fully saturated rings. The van der Waals surface area contributed by atoms with Gasteiger partial charge in [-0.25, -0.2) is 4.90 Å². The molecule has 1 saturated heterocycles. The van der Waals surface area contributed by atoms with E-state index < -0.39 is 0 Å². The van der Waals surface area contributed by atoms with Crippen molar-refractivity contribution in [3.63, 3.8) is 0 Å². The molecule has 2 rings (SSSR count). The first kappa shape index (κ1) is 12.7. The van der Waals surface area contributed by atoms with Crippen LogP contribution in [0.4, 0.5) is 5.69 Å². The summed E-state index contributed by atoms with van der Waals surface area (Å²) in [7, 11) is 1.88. The van der Waals surface area contributed by atoms with Crippen LogP contribution < -0.4 is 10.2 Å². The molecule has 0 aromatic heterocycles. The molecule has 5 nitrogen and oxygen atoms in total. The zero-order chi connectivity index (χ0) is 13.1. The van der Waals surface area contributed by atoms with Gasteiger partial charge >= 0.3 is 0 Å². The number of nitrogens with one attached hydrogen (secondary N) is 1. The van der Waals surface area contributed by atoms with E-state index in [1.54, 1.807) is 12.1 Å². The van der Waals surface area contributed by atoms with Gasteiger partial charge in [0.2, 0.25) is 0 Å².